The predicted molar refractivity (Wildman–Crippen MR) is 119 cm³/mol. The van der Waals surface area contributed by atoms with Crippen LogP contribution in [0.25, 0.3) is 11.4 Å². The van der Waals surface area contributed by atoms with E-state index in [-0.39, 0.29) is 6.03 Å². The monoisotopic (exact) mass is 437 g/mol. The second-order valence-electron chi connectivity index (χ2n) is 7.46. The Kier molecular flexibility index (Phi) is 7.26. The Hall–Kier alpha value is -3.50. The van der Waals surface area contributed by atoms with Crippen molar-refractivity contribution >= 4 is 11.7 Å². The second kappa shape index (κ2) is 10.7. The highest BCUT2D eigenvalue weighted by molar-refractivity contribution is 5.89. The minimum absolute atomic E-state index is 0.295. The van der Waals surface area contributed by atoms with Crippen LogP contribution in [0.15, 0.2) is 48.5 Å². The summed E-state index contributed by atoms with van der Waals surface area (Å²) in [5.74, 6) is 1.42. The van der Waals surface area contributed by atoms with Crippen LogP contribution in [0.1, 0.15) is 5.56 Å². The third-order valence-electron chi connectivity index (χ3n) is 5.13. The molecule has 0 spiro atoms. The summed E-state index contributed by atoms with van der Waals surface area (Å²) in [6, 6.07) is 14.8. The standard InChI is InChI=1S/C22H27N7O3/c1-28-21(25-26-27-28)18-5-3-6-19(15-18)24-22(30)23-16-17-4-2-7-20(14-17)32-13-10-29-8-11-31-12-9-29/h2-7,14-15H,8-13,16H2,1H3,(H2,23,24,30). The smallest absolute Gasteiger partial charge is 0.319 e. The van der Waals surface area contributed by atoms with Crippen molar-refractivity contribution in [2.45, 2.75) is 6.54 Å². The van der Waals surface area contributed by atoms with E-state index in [1.807, 2.05) is 48.5 Å². The molecule has 0 aliphatic carbocycles. The summed E-state index contributed by atoms with van der Waals surface area (Å²) in [5, 5.41) is 17.2. The van der Waals surface area contributed by atoms with Crippen LogP contribution in [0.5, 0.6) is 5.75 Å². The van der Waals surface area contributed by atoms with Crippen molar-refractivity contribution in [3.63, 3.8) is 0 Å². The van der Waals surface area contributed by atoms with Crippen molar-refractivity contribution in [2.24, 2.45) is 7.05 Å². The Morgan fingerprint density at radius 2 is 2.00 bits per heavy atom. The number of carbonyl (C=O) groups is 1. The Bertz CT molecular complexity index is 1030. The number of amides is 2. The van der Waals surface area contributed by atoms with Crippen LogP contribution in [-0.2, 0) is 18.3 Å². The lowest BCUT2D eigenvalue weighted by molar-refractivity contribution is 0.0322. The molecule has 2 aromatic carbocycles. The normalized spacial score (nSPS) is 14.2. The molecule has 168 valence electrons. The van der Waals surface area contributed by atoms with E-state index in [1.165, 1.54) is 0 Å². The molecule has 2 heterocycles. The molecule has 1 aromatic heterocycles. The maximum absolute atomic E-state index is 12.4. The first-order valence-corrected chi connectivity index (χ1v) is 10.6. The third kappa shape index (κ3) is 6.02. The van der Waals surface area contributed by atoms with Crippen molar-refractivity contribution in [1.29, 1.82) is 0 Å². The van der Waals surface area contributed by atoms with Gasteiger partial charge >= 0.3 is 6.03 Å². The van der Waals surface area contributed by atoms with Gasteiger partial charge in [-0.05, 0) is 40.3 Å². The van der Waals surface area contributed by atoms with Gasteiger partial charge in [0, 0.05) is 44.5 Å². The van der Waals surface area contributed by atoms with Crippen molar-refractivity contribution in [1.82, 2.24) is 30.4 Å². The molecule has 10 heteroatoms. The molecule has 4 rings (SSSR count). The number of rotatable bonds is 8. The molecule has 1 saturated heterocycles. The average Bonchev–Trinajstić information content (AvgIpc) is 3.25. The number of aromatic nitrogens is 4. The lowest BCUT2D eigenvalue weighted by Gasteiger charge is -2.26. The van der Waals surface area contributed by atoms with E-state index in [2.05, 4.69) is 31.1 Å². The van der Waals surface area contributed by atoms with Gasteiger partial charge in [-0.15, -0.1) is 5.10 Å². The van der Waals surface area contributed by atoms with E-state index in [0.717, 1.165) is 49.7 Å². The summed E-state index contributed by atoms with van der Waals surface area (Å²) >= 11 is 0. The maximum Gasteiger partial charge on any atom is 0.319 e. The quantitative estimate of drug-likeness (QED) is 0.554. The van der Waals surface area contributed by atoms with Gasteiger partial charge in [0.25, 0.3) is 0 Å². The van der Waals surface area contributed by atoms with Gasteiger partial charge in [0.2, 0.25) is 0 Å². The van der Waals surface area contributed by atoms with Gasteiger partial charge in [-0.3, -0.25) is 4.90 Å². The number of tetrazole rings is 1. The zero-order chi connectivity index (χ0) is 22.2. The topological polar surface area (TPSA) is 106 Å². The molecule has 0 unspecified atom stereocenters. The van der Waals surface area contributed by atoms with Gasteiger partial charge in [0.15, 0.2) is 5.82 Å². The first kappa shape index (κ1) is 21.7. The number of carbonyl (C=O) groups excluding carboxylic acids is 1. The Morgan fingerprint density at radius 1 is 1.16 bits per heavy atom. The summed E-state index contributed by atoms with van der Waals surface area (Å²) in [6.07, 6.45) is 0. The number of benzene rings is 2. The van der Waals surface area contributed by atoms with Crippen LogP contribution in [0, 0.1) is 0 Å². The number of ether oxygens (including phenoxy) is 2. The van der Waals surface area contributed by atoms with Crippen molar-refractivity contribution < 1.29 is 14.3 Å². The van der Waals surface area contributed by atoms with Gasteiger partial charge in [0.1, 0.15) is 12.4 Å². The molecule has 10 nitrogen and oxygen atoms in total. The van der Waals surface area contributed by atoms with E-state index in [1.54, 1.807) is 11.7 Å². The molecule has 0 bridgehead atoms. The summed E-state index contributed by atoms with van der Waals surface area (Å²) in [4.78, 5) is 14.7. The predicted octanol–water partition coefficient (Wildman–Crippen LogP) is 1.91. The van der Waals surface area contributed by atoms with Crippen LogP contribution in [0.2, 0.25) is 0 Å². The zero-order valence-corrected chi connectivity index (χ0v) is 18.0. The molecule has 3 aromatic rings. The van der Waals surface area contributed by atoms with Crippen molar-refractivity contribution in [2.75, 3.05) is 44.8 Å². The number of nitrogens with zero attached hydrogens (tertiary/aromatic N) is 5. The molecule has 1 aliphatic rings. The number of morpholine rings is 1. The first-order valence-electron chi connectivity index (χ1n) is 10.6. The lowest BCUT2D eigenvalue weighted by Crippen LogP contribution is -2.38. The van der Waals surface area contributed by atoms with E-state index in [4.69, 9.17) is 9.47 Å². The molecule has 2 amide bonds. The summed E-state index contributed by atoms with van der Waals surface area (Å²) in [6.45, 7) is 5.34. The number of anilines is 1. The summed E-state index contributed by atoms with van der Waals surface area (Å²) < 4.78 is 12.8. The van der Waals surface area contributed by atoms with Gasteiger partial charge in [-0.25, -0.2) is 9.48 Å². The Balaban J connectivity index is 1.25. The molecule has 1 fully saturated rings. The first-order chi connectivity index (χ1) is 15.7. The van der Waals surface area contributed by atoms with Gasteiger partial charge < -0.3 is 20.1 Å². The zero-order valence-electron chi connectivity index (χ0n) is 18.0. The van der Waals surface area contributed by atoms with E-state index < -0.39 is 0 Å². The SMILES string of the molecule is Cn1nnnc1-c1cccc(NC(=O)NCc2cccc(OCCN3CCOCC3)c2)c1. The fraction of sp³-hybridized carbons (Fsp3) is 0.364. The van der Waals surface area contributed by atoms with Crippen LogP contribution in [0.3, 0.4) is 0 Å². The lowest BCUT2D eigenvalue weighted by atomic mass is 10.2. The highest BCUT2D eigenvalue weighted by Crippen LogP contribution is 2.19. The van der Waals surface area contributed by atoms with Crippen LogP contribution >= 0.6 is 0 Å². The third-order valence-corrected chi connectivity index (χ3v) is 5.13. The van der Waals surface area contributed by atoms with Gasteiger partial charge in [0.05, 0.1) is 13.2 Å². The molecule has 2 N–H and O–H groups in total. The molecule has 1 aliphatic heterocycles. The fourth-order valence-electron chi connectivity index (χ4n) is 3.43. The van der Waals surface area contributed by atoms with Crippen molar-refractivity contribution in [3.8, 4) is 17.1 Å². The van der Waals surface area contributed by atoms with Crippen LogP contribution in [-0.4, -0.2) is 70.6 Å². The van der Waals surface area contributed by atoms with Gasteiger partial charge in [-0.2, -0.15) is 0 Å². The van der Waals surface area contributed by atoms with Gasteiger partial charge in [-0.1, -0.05) is 24.3 Å². The molecule has 0 atom stereocenters. The molecule has 0 saturated carbocycles. The number of nitrogens with one attached hydrogen (secondary N) is 2. The van der Waals surface area contributed by atoms with Crippen LogP contribution in [0.4, 0.5) is 10.5 Å². The molecule has 0 radical (unpaired) electrons. The average molecular weight is 438 g/mol. The highest BCUT2D eigenvalue weighted by Gasteiger charge is 2.10. The minimum atomic E-state index is -0.295. The Morgan fingerprint density at radius 3 is 2.81 bits per heavy atom. The van der Waals surface area contributed by atoms with E-state index >= 15 is 0 Å². The maximum atomic E-state index is 12.4. The second-order valence-corrected chi connectivity index (χ2v) is 7.46. The van der Waals surface area contributed by atoms with Crippen molar-refractivity contribution in [3.05, 3.63) is 54.1 Å². The number of hydrogen-bond donors (Lipinski definition) is 2. The van der Waals surface area contributed by atoms with E-state index in [0.29, 0.717) is 24.7 Å². The van der Waals surface area contributed by atoms with E-state index in [9.17, 15) is 4.79 Å². The fourth-order valence-corrected chi connectivity index (χ4v) is 3.43. The number of urea groups is 1. The Labute approximate surface area is 186 Å². The minimum Gasteiger partial charge on any atom is -0.492 e. The number of aryl methyl sites for hydroxylation is 1. The summed E-state index contributed by atoms with van der Waals surface area (Å²) in [7, 11) is 1.77. The molecular formula is C22H27N7O3. The summed E-state index contributed by atoms with van der Waals surface area (Å²) in [5.41, 5.74) is 2.43. The molecule has 32 heavy (non-hydrogen) atoms. The van der Waals surface area contributed by atoms with Crippen LogP contribution < -0.4 is 15.4 Å². The highest BCUT2D eigenvalue weighted by atomic mass is 16.5. The molecular weight excluding hydrogens is 410 g/mol. The number of hydrogen-bond acceptors (Lipinski definition) is 7. The largest absolute Gasteiger partial charge is 0.492 e.